The molecule has 2 aromatic rings. The molecule has 8 heteroatoms. The lowest BCUT2D eigenvalue weighted by molar-refractivity contribution is -0.384. The van der Waals surface area contributed by atoms with Crippen molar-refractivity contribution in [1.82, 2.24) is 0 Å². The zero-order chi connectivity index (χ0) is 15.5. The average molecular weight is 364 g/mol. The van der Waals surface area contributed by atoms with E-state index in [1.54, 1.807) is 30.5 Å². The molecule has 0 amide bonds. The normalized spacial score (nSPS) is 12.6. The molecule has 0 unspecified atom stereocenters. The van der Waals surface area contributed by atoms with Gasteiger partial charge in [0.25, 0.3) is 5.69 Å². The number of hydrogen-bond acceptors (Lipinski definition) is 6. The SMILES string of the molecule is O=[N+]([O-])c1ccccc1N/N=C\c1cc(Br)c2c(c1)OCO2. The maximum Gasteiger partial charge on any atom is 0.294 e. The van der Waals surface area contributed by atoms with Crippen molar-refractivity contribution in [3.63, 3.8) is 0 Å². The number of benzene rings is 2. The van der Waals surface area contributed by atoms with E-state index in [0.29, 0.717) is 17.2 Å². The fourth-order valence-electron chi connectivity index (χ4n) is 1.97. The highest BCUT2D eigenvalue weighted by molar-refractivity contribution is 9.10. The van der Waals surface area contributed by atoms with Gasteiger partial charge in [0.15, 0.2) is 11.5 Å². The number of nitro groups is 1. The fourth-order valence-corrected chi connectivity index (χ4v) is 2.54. The first-order valence-electron chi connectivity index (χ1n) is 6.27. The average Bonchev–Trinajstić information content (AvgIpc) is 2.96. The summed E-state index contributed by atoms with van der Waals surface area (Å²) in [5.74, 6) is 1.28. The van der Waals surface area contributed by atoms with Gasteiger partial charge in [-0.1, -0.05) is 12.1 Å². The number of nitro benzene ring substituents is 1. The third-order valence-electron chi connectivity index (χ3n) is 2.95. The van der Waals surface area contributed by atoms with Crippen LogP contribution in [-0.4, -0.2) is 17.9 Å². The van der Waals surface area contributed by atoms with Gasteiger partial charge in [-0.05, 0) is 39.7 Å². The highest BCUT2D eigenvalue weighted by atomic mass is 79.9. The number of nitrogens with zero attached hydrogens (tertiary/aromatic N) is 2. The van der Waals surface area contributed by atoms with Gasteiger partial charge in [-0.2, -0.15) is 5.10 Å². The summed E-state index contributed by atoms with van der Waals surface area (Å²) in [6, 6.07) is 9.89. The van der Waals surface area contributed by atoms with Crippen molar-refractivity contribution in [2.75, 3.05) is 12.2 Å². The van der Waals surface area contributed by atoms with Gasteiger partial charge < -0.3 is 9.47 Å². The first-order valence-corrected chi connectivity index (χ1v) is 7.06. The zero-order valence-electron chi connectivity index (χ0n) is 11.2. The monoisotopic (exact) mass is 363 g/mol. The Hall–Kier alpha value is -2.61. The molecule has 22 heavy (non-hydrogen) atoms. The molecule has 0 aromatic heterocycles. The van der Waals surface area contributed by atoms with Crippen LogP contribution in [0.3, 0.4) is 0 Å². The van der Waals surface area contributed by atoms with Crippen LogP contribution < -0.4 is 14.9 Å². The topological polar surface area (TPSA) is 86.0 Å². The molecule has 3 rings (SSSR count). The molecule has 0 bridgehead atoms. The van der Waals surface area contributed by atoms with E-state index in [2.05, 4.69) is 26.5 Å². The molecule has 1 heterocycles. The van der Waals surface area contributed by atoms with Crippen molar-refractivity contribution in [1.29, 1.82) is 0 Å². The summed E-state index contributed by atoms with van der Waals surface area (Å²) in [5, 5.41) is 14.9. The van der Waals surface area contributed by atoms with E-state index in [9.17, 15) is 10.1 Å². The van der Waals surface area contributed by atoms with E-state index >= 15 is 0 Å². The number of hydrazone groups is 1. The maximum absolute atomic E-state index is 10.9. The van der Waals surface area contributed by atoms with Gasteiger partial charge in [0, 0.05) is 6.07 Å². The predicted molar refractivity (Wildman–Crippen MR) is 84.6 cm³/mol. The molecule has 0 saturated heterocycles. The zero-order valence-corrected chi connectivity index (χ0v) is 12.7. The third-order valence-corrected chi connectivity index (χ3v) is 3.54. The molecule has 7 nitrogen and oxygen atoms in total. The molecule has 2 aromatic carbocycles. The second-order valence-electron chi connectivity index (χ2n) is 4.38. The minimum absolute atomic E-state index is 0.0356. The van der Waals surface area contributed by atoms with Gasteiger partial charge in [-0.15, -0.1) is 0 Å². The number of fused-ring (bicyclic) bond motifs is 1. The smallest absolute Gasteiger partial charge is 0.294 e. The van der Waals surface area contributed by atoms with Crippen molar-refractivity contribution in [3.8, 4) is 11.5 Å². The quantitative estimate of drug-likeness (QED) is 0.510. The summed E-state index contributed by atoms with van der Waals surface area (Å²) in [7, 11) is 0. The van der Waals surface area contributed by atoms with Crippen LogP contribution in [0.1, 0.15) is 5.56 Å². The van der Waals surface area contributed by atoms with Crippen molar-refractivity contribution in [2.45, 2.75) is 0 Å². The Morgan fingerprint density at radius 3 is 2.95 bits per heavy atom. The van der Waals surface area contributed by atoms with E-state index in [0.717, 1.165) is 10.0 Å². The summed E-state index contributed by atoms with van der Waals surface area (Å²) in [6.07, 6.45) is 1.55. The standard InChI is InChI=1S/C14H10BrN3O4/c15-10-5-9(6-13-14(10)22-8-21-13)7-16-17-11-3-1-2-4-12(11)18(19)20/h1-7,17H,8H2/b16-7-. The molecular formula is C14H10BrN3O4. The van der Waals surface area contributed by atoms with Crippen molar-refractivity contribution in [2.24, 2.45) is 5.10 Å². The number of ether oxygens (including phenoxy) is 2. The lowest BCUT2D eigenvalue weighted by Crippen LogP contribution is -1.96. The molecule has 1 aliphatic heterocycles. The minimum Gasteiger partial charge on any atom is -0.454 e. The lowest BCUT2D eigenvalue weighted by atomic mass is 10.2. The summed E-state index contributed by atoms with van der Waals surface area (Å²) in [5.41, 5.74) is 3.72. The van der Waals surface area contributed by atoms with Crippen molar-refractivity contribution >= 4 is 33.5 Å². The molecule has 0 fully saturated rings. The summed E-state index contributed by atoms with van der Waals surface area (Å²) in [6.45, 7) is 0.184. The molecular weight excluding hydrogens is 354 g/mol. The van der Waals surface area contributed by atoms with Crippen LogP contribution in [0.25, 0.3) is 0 Å². The summed E-state index contributed by atoms with van der Waals surface area (Å²) in [4.78, 5) is 10.4. The Bertz CT molecular complexity index is 764. The molecule has 0 saturated carbocycles. The summed E-state index contributed by atoms with van der Waals surface area (Å²) >= 11 is 3.39. The molecule has 0 spiro atoms. The second kappa shape index (κ2) is 6.02. The highest BCUT2D eigenvalue weighted by Gasteiger charge is 2.17. The number of nitrogens with one attached hydrogen (secondary N) is 1. The van der Waals surface area contributed by atoms with Gasteiger partial charge in [0.2, 0.25) is 6.79 Å². The Kier molecular flexibility index (Phi) is 3.92. The van der Waals surface area contributed by atoms with Crippen LogP contribution in [0, 0.1) is 10.1 Å². The molecule has 112 valence electrons. The number of halogens is 1. The number of hydrogen-bond donors (Lipinski definition) is 1. The molecule has 1 N–H and O–H groups in total. The van der Waals surface area contributed by atoms with Gasteiger partial charge >= 0.3 is 0 Å². The maximum atomic E-state index is 10.9. The second-order valence-corrected chi connectivity index (χ2v) is 5.24. The predicted octanol–water partition coefficient (Wildman–Crippen LogP) is 3.53. The Balaban J connectivity index is 1.79. The van der Waals surface area contributed by atoms with E-state index in [1.807, 2.05) is 6.07 Å². The Morgan fingerprint density at radius 1 is 1.32 bits per heavy atom. The number of anilines is 1. The van der Waals surface area contributed by atoms with Crippen LogP contribution in [-0.2, 0) is 0 Å². The number of rotatable bonds is 4. The number of para-hydroxylation sites is 2. The van der Waals surface area contributed by atoms with Gasteiger partial charge in [-0.3, -0.25) is 15.5 Å². The molecule has 0 aliphatic carbocycles. The van der Waals surface area contributed by atoms with Crippen LogP contribution >= 0.6 is 15.9 Å². The molecule has 1 aliphatic rings. The molecule has 0 atom stereocenters. The first kappa shape index (κ1) is 14.3. The Morgan fingerprint density at radius 2 is 2.14 bits per heavy atom. The third kappa shape index (κ3) is 2.86. The van der Waals surface area contributed by atoms with Crippen LogP contribution in [0.2, 0.25) is 0 Å². The first-order chi connectivity index (χ1) is 10.6. The molecule has 0 radical (unpaired) electrons. The van der Waals surface area contributed by atoms with Crippen LogP contribution in [0.4, 0.5) is 11.4 Å². The van der Waals surface area contributed by atoms with E-state index in [-0.39, 0.29) is 12.5 Å². The Labute approximate surface area is 133 Å². The van der Waals surface area contributed by atoms with Crippen molar-refractivity contribution in [3.05, 3.63) is 56.5 Å². The minimum atomic E-state index is -0.463. The van der Waals surface area contributed by atoms with Gasteiger partial charge in [-0.25, -0.2) is 0 Å². The van der Waals surface area contributed by atoms with Crippen LogP contribution in [0.15, 0.2) is 46.0 Å². The van der Waals surface area contributed by atoms with E-state index in [1.165, 1.54) is 6.07 Å². The van der Waals surface area contributed by atoms with Gasteiger partial charge in [0.05, 0.1) is 15.6 Å². The largest absolute Gasteiger partial charge is 0.454 e. The summed E-state index contributed by atoms with van der Waals surface area (Å²) < 4.78 is 11.4. The van der Waals surface area contributed by atoms with Gasteiger partial charge in [0.1, 0.15) is 5.69 Å². The fraction of sp³-hybridized carbons (Fsp3) is 0.0714. The van der Waals surface area contributed by atoms with E-state index in [4.69, 9.17) is 9.47 Å². The van der Waals surface area contributed by atoms with E-state index < -0.39 is 4.92 Å². The highest BCUT2D eigenvalue weighted by Crippen LogP contribution is 2.39. The lowest BCUT2D eigenvalue weighted by Gasteiger charge is -2.02. The van der Waals surface area contributed by atoms with Crippen LogP contribution in [0.5, 0.6) is 11.5 Å². The van der Waals surface area contributed by atoms with Crippen molar-refractivity contribution < 1.29 is 14.4 Å².